The van der Waals surface area contributed by atoms with Crippen LogP contribution in [0.5, 0.6) is 0 Å². The molecule has 2 N–H and O–H groups in total. The molecule has 5 nitrogen and oxygen atoms in total. The number of aromatic nitrogens is 4. The smallest absolute Gasteiger partial charge is 0.214 e. The number of nitrogens with two attached hydrogens (primary N) is 1. The Hall–Kier alpha value is -2.34. The molecule has 0 radical (unpaired) electrons. The predicted molar refractivity (Wildman–Crippen MR) is 84.3 cm³/mol. The summed E-state index contributed by atoms with van der Waals surface area (Å²) in [4.78, 5) is 0. The van der Waals surface area contributed by atoms with Gasteiger partial charge in [0.05, 0.1) is 5.69 Å². The van der Waals surface area contributed by atoms with Crippen LogP contribution in [0.4, 0.5) is 5.69 Å². The van der Waals surface area contributed by atoms with Gasteiger partial charge in [-0.1, -0.05) is 42.1 Å². The maximum absolute atomic E-state index is 5.72. The third-order valence-corrected chi connectivity index (χ3v) is 4.22. The van der Waals surface area contributed by atoms with Crippen molar-refractivity contribution in [2.45, 2.75) is 17.3 Å². The van der Waals surface area contributed by atoms with E-state index in [0.717, 1.165) is 16.5 Å². The highest BCUT2D eigenvalue weighted by Crippen LogP contribution is 2.34. The van der Waals surface area contributed by atoms with Crippen LogP contribution in [0.3, 0.4) is 0 Å². The number of benzene rings is 2. The summed E-state index contributed by atoms with van der Waals surface area (Å²) < 4.78 is 1.75. The summed E-state index contributed by atoms with van der Waals surface area (Å²) >= 11 is 1.62. The lowest BCUT2D eigenvalue weighted by Gasteiger charge is -2.11. The molecule has 3 rings (SSSR count). The molecule has 0 spiro atoms. The van der Waals surface area contributed by atoms with Gasteiger partial charge in [-0.3, -0.25) is 0 Å². The Morgan fingerprint density at radius 2 is 1.76 bits per heavy atom. The number of rotatable bonds is 4. The minimum absolute atomic E-state index is 0.235. The van der Waals surface area contributed by atoms with Gasteiger partial charge in [0.1, 0.15) is 0 Å². The Kier molecular flexibility index (Phi) is 3.87. The fourth-order valence-corrected chi connectivity index (χ4v) is 2.91. The molecule has 106 valence electrons. The lowest BCUT2D eigenvalue weighted by Crippen LogP contribution is -2.00. The Morgan fingerprint density at radius 3 is 2.48 bits per heavy atom. The van der Waals surface area contributed by atoms with Gasteiger partial charge in [-0.2, -0.15) is 4.68 Å². The minimum Gasteiger partial charge on any atom is -0.399 e. The summed E-state index contributed by atoms with van der Waals surface area (Å²) in [5.41, 5.74) is 8.63. The Morgan fingerprint density at radius 1 is 1.05 bits per heavy atom. The zero-order chi connectivity index (χ0) is 14.7. The van der Waals surface area contributed by atoms with Gasteiger partial charge < -0.3 is 5.73 Å². The molecule has 3 aromatic rings. The van der Waals surface area contributed by atoms with Gasteiger partial charge in [-0.25, -0.2) is 0 Å². The quantitative estimate of drug-likeness (QED) is 0.592. The number of nitrogen functional groups attached to an aromatic ring is 1. The van der Waals surface area contributed by atoms with Gasteiger partial charge in [0.25, 0.3) is 0 Å². The Balaban J connectivity index is 1.83. The lowest BCUT2D eigenvalue weighted by atomic mass is 10.1. The van der Waals surface area contributed by atoms with Crippen LogP contribution in [0.25, 0.3) is 5.69 Å². The first-order valence-electron chi connectivity index (χ1n) is 6.60. The number of hydrogen-bond donors (Lipinski definition) is 1. The molecule has 21 heavy (non-hydrogen) atoms. The molecule has 6 heteroatoms. The van der Waals surface area contributed by atoms with E-state index >= 15 is 0 Å². The van der Waals surface area contributed by atoms with Gasteiger partial charge in [-0.05, 0) is 47.2 Å². The second-order valence-corrected chi connectivity index (χ2v) is 5.94. The number of hydrogen-bond acceptors (Lipinski definition) is 5. The number of tetrazole rings is 1. The third-order valence-electron chi connectivity index (χ3n) is 3.13. The van der Waals surface area contributed by atoms with Crippen LogP contribution in [0.1, 0.15) is 17.7 Å². The molecule has 0 saturated carbocycles. The van der Waals surface area contributed by atoms with Crippen molar-refractivity contribution in [2.24, 2.45) is 0 Å². The van der Waals surface area contributed by atoms with Gasteiger partial charge in [0.15, 0.2) is 0 Å². The first kappa shape index (κ1) is 13.6. The molecule has 1 unspecified atom stereocenters. The molecule has 0 saturated heterocycles. The second kappa shape index (κ2) is 5.97. The summed E-state index contributed by atoms with van der Waals surface area (Å²) in [6.07, 6.45) is 0. The molecule has 0 aliphatic rings. The summed E-state index contributed by atoms with van der Waals surface area (Å²) in [7, 11) is 0. The van der Waals surface area contributed by atoms with Crippen molar-refractivity contribution in [3.63, 3.8) is 0 Å². The van der Waals surface area contributed by atoms with Crippen molar-refractivity contribution in [3.05, 3.63) is 60.2 Å². The third kappa shape index (κ3) is 3.05. The second-order valence-electron chi connectivity index (χ2n) is 4.64. The van der Waals surface area contributed by atoms with Crippen molar-refractivity contribution in [1.29, 1.82) is 0 Å². The molecule has 0 fully saturated rings. The molecule has 0 aliphatic heterocycles. The number of nitrogens with zero attached hydrogens (tertiary/aromatic N) is 4. The Labute approximate surface area is 127 Å². The largest absolute Gasteiger partial charge is 0.399 e. The van der Waals surface area contributed by atoms with E-state index in [1.54, 1.807) is 16.4 Å². The summed E-state index contributed by atoms with van der Waals surface area (Å²) in [5.74, 6) is 0. The van der Waals surface area contributed by atoms with Crippen LogP contribution in [-0.4, -0.2) is 20.2 Å². The summed E-state index contributed by atoms with van der Waals surface area (Å²) in [5, 5.41) is 13.0. The van der Waals surface area contributed by atoms with Crippen LogP contribution < -0.4 is 5.73 Å². The van der Waals surface area contributed by atoms with Crippen molar-refractivity contribution in [2.75, 3.05) is 5.73 Å². The summed E-state index contributed by atoms with van der Waals surface area (Å²) in [6, 6.07) is 17.7. The van der Waals surface area contributed by atoms with E-state index in [1.165, 1.54) is 5.56 Å². The fraction of sp³-hybridized carbons (Fsp3) is 0.133. The van der Waals surface area contributed by atoms with E-state index in [4.69, 9.17) is 5.73 Å². The maximum atomic E-state index is 5.72. The lowest BCUT2D eigenvalue weighted by molar-refractivity contribution is 0.755. The number of anilines is 1. The molecule has 1 aromatic heterocycles. The highest BCUT2D eigenvalue weighted by molar-refractivity contribution is 7.99. The van der Waals surface area contributed by atoms with Crippen LogP contribution in [0, 0.1) is 0 Å². The van der Waals surface area contributed by atoms with E-state index in [2.05, 4.69) is 22.4 Å². The van der Waals surface area contributed by atoms with E-state index in [1.807, 2.05) is 54.6 Å². The summed E-state index contributed by atoms with van der Waals surface area (Å²) in [6.45, 7) is 2.13. The van der Waals surface area contributed by atoms with Crippen molar-refractivity contribution >= 4 is 17.4 Å². The predicted octanol–water partition coefficient (Wildman–Crippen LogP) is 3.10. The molecule has 1 heterocycles. The monoisotopic (exact) mass is 297 g/mol. The van der Waals surface area contributed by atoms with E-state index in [-0.39, 0.29) is 5.25 Å². The van der Waals surface area contributed by atoms with Crippen molar-refractivity contribution in [3.8, 4) is 5.69 Å². The zero-order valence-electron chi connectivity index (χ0n) is 11.5. The SMILES string of the molecule is CC(Sc1nnnn1-c1ccccc1)c1ccc(N)cc1. The van der Waals surface area contributed by atoms with Crippen molar-refractivity contribution in [1.82, 2.24) is 20.2 Å². The van der Waals surface area contributed by atoms with E-state index in [9.17, 15) is 0 Å². The molecule has 0 aliphatic carbocycles. The van der Waals surface area contributed by atoms with Gasteiger partial charge >= 0.3 is 0 Å². The molecular weight excluding hydrogens is 282 g/mol. The normalized spacial score (nSPS) is 12.2. The van der Waals surface area contributed by atoms with E-state index in [0.29, 0.717) is 0 Å². The first-order chi connectivity index (χ1) is 10.2. The highest BCUT2D eigenvalue weighted by atomic mass is 32.2. The molecule has 2 aromatic carbocycles. The molecule has 0 amide bonds. The topological polar surface area (TPSA) is 69.6 Å². The number of para-hydroxylation sites is 1. The highest BCUT2D eigenvalue weighted by Gasteiger charge is 2.14. The average Bonchev–Trinajstić information content (AvgIpc) is 2.97. The van der Waals surface area contributed by atoms with Crippen LogP contribution in [-0.2, 0) is 0 Å². The molecular formula is C15H15N5S. The first-order valence-corrected chi connectivity index (χ1v) is 7.48. The standard InChI is InChI=1S/C15H15N5S/c1-11(12-7-9-13(16)10-8-12)21-15-17-18-19-20(15)14-5-3-2-4-6-14/h2-11H,16H2,1H3. The van der Waals surface area contributed by atoms with E-state index < -0.39 is 0 Å². The van der Waals surface area contributed by atoms with Gasteiger partial charge in [-0.15, -0.1) is 5.10 Å². The minimum atomic E-state index is 0.235. The van der Waals surface area contributed by atoms with Gasteiger partial charge in [0.2, 0.25) is 5.16 Å². The fourth-order valence-electron chi connectivity index (χ4n) is 1.98. The van der Waals surface area contributed by atoms with Gasteiger partial charge in [0, 0.05) is 10.9 Å². The van der Waals surface area contributed by atoms with Crippen molar-refractivity contribution < 1.29 is 0 Å². The van der Waals surface area contributed by atoms with Crippen LogP contribution in [0.15, 0.2) is 59.8 Å². The Bertz CT molecular complexity index is 708. The average molecular weight is 297 g/mol. The molecule has 1 atom stereocenters. The van der Waals surface area contributed by atoms with Crippen LogP contribution >= 0.6 is 11.8 Å². The zero-order valence-corrected chi connectivity index (χ0v) is 12.4. The number of thioether (sulfide) groups is 1. The van der Waals surface area contributed by atoms with Crippen LogP contribution in [0.2, 0.25) is 0 Å². The molecule has 0 bridgehead atoms. The maximum Gasteiger partial charge on any atom is 0.214 e.